The molecule has 6 rings (SSSR count). The smallest absolute Gasteiger partial charge is 0.414 e. The third-order valence-electron chi connectivity index (χ3n) is 6.83. The molecule has 2 atom stereocenters. The molecule has 3 aliphatic heterocycles. The van der Waals surface area contributed by atoms with Crippen molar-refractivity contribution in [2.24, 2.45) is 0 Å². The maximum absolute atomic E-state index is 14.7. The maximum Gasteiger partial charge on any atom is 0.414 e. The zero-order valence-electron chi connectivity index (χ0n) is 19.1. The summed E-state index contributed by atoms with van der Waals surface area (Å²) in [6.45, 7) is 0.760. The van der Waals surface area contributed by atoms with E-state index in [1.54, 1.807) is 18.2 Å². The van der Waals surface area contributed by atoms with E-state index in [1.807, 2.05) is 12.1 Å². The minimum Gasteiger partial charge on any atom is -0.444 e. The fourth-order valence-corrected chi connectivity index (χ4v) is 5.92. The van der Waals surface area contributed by atoms with Crippen molar-refractivity contribution in [1.82, 2.24) is 9.88 Å². The van der Waals surface area contributed by atoms with Crippen LogP contribution < -0.4 is 21.1 Å². The second-order valence-corrected chi connectivity index (χ2v) is 10.3. The van der Waals surface area contributed by atoms with E-state index in [-0.39, 0.29) is 36.2 Å². The number of aliphatic hydroxyl groups is 1. The Morgan fingerprint density at radius 1 is 1.19 bits per heavy atom. The number of ether oxygens (including phenoxy) is 1. The zero-order chi connectivity index (χ0) is 25.0. The molecule has 2 aromatic carbocycles. The van der Waals surface area contributed by atoms with Crippen molar-refractivity contribution in [2.75, 3.05) is 35.6 Å². The molecule has 3 N–H and O–H groups in total. The Labute approximate surface area is 209 Å². The van der Waals surface area contributed by atoms with Crippen LogP contribution in [0.25, 0.3) is 10.9 Å². The molecule has 3 aliphatic rings. The van der Waals surface area contributed by atoms with E-state index in [0.29, 0.717) is 47.5 Å². The van der Waals surface area contributed by atoms with Crippen LogP contribution in [-0.4, -0.2) is 53.2 Å². The number of hydrogen-bond acceptors (Lipinski definition) is 7. The number of halogens is 1. The van der Waals surface area contributed by atoms with Gasteiger partial charge in [0.25, 0.3) is 5.56 Å². The number of thioether (sulfide) groups is 1. The van der Waals surface area contributed by atoms with Crippen LogP contribution in [0, 0.1) is 5.82 Å². The second-order valence-electron chi connectivity index (χ2n) is 9.25. The summed E-state index contributed by atoms with van der Waals surface area (Å²) in [7, 11) is 0. The van der Waals surface area contributed by atoms with Crippen LogP contribution >= 0.6 is 11.8 Å². The van der Waals surface area contributed by atoms with Crippen LogP contribution in [0.3, 0.4) is 0 Å². The Kier molecular flexibility index (Phi) is 5.51. The molecule has 0 saturated carbocycles. The lowest BCUT2D eigenvalue weighted by atomic mass is 9.94. The molecule has 0 bridgehead atoms. The molecular formula is C25H23FN4O5S. The molecule has 0 radical (unpaired) electrons. The average Bonchev–Trinajstić information content (AvgIpc) is 3.39. The minimum absolute atomic E-state index is 0.0359. The van der Waals surface area contributed by atoms with Gasteiger partial charge in [0.1, 0.15) is 17.5 Å². The normalized spacial score (nSPS) is 22.6. The van der Waals surface area contributed by atoms with Crippen LogP contribution in [0.4, 0.5) is 20.6 Å². The highest BCUT2D eigenvalue weighted by Crippen LogP contribution is 2.38. The van der Waals surface area contributed by atoms with E-state index >= 15 is 0 Å². The number of aromatic nitrogens is 1. The molecule has 3 aromatic rings. The third-order valence-corrected chi connectivity index (χ3v) is 7.90. The molecular weight excluding hydrogens is 487 g/mol. The quantitative estimate of drug-likeness (QED) is 0.437. The van der Waals surface area contributed by atoms with Crippen LogP contribution in [-0.2, 0) is 21.7 Å². The summed E-state index contributed by atoms with van der Waals surface area (Å²) in [4.78, 5) is 39.0. The third kappa shape index (κ3) is 3.83. The molecule has 2 amide bonds. The first-order valence-electron chi connectivity index (χ1n) is 11.6. The van der Waals surface area contributed by atoms with Crippen molar-refractivity contribution in [3.05, 3.63) is 64.2 Å². The van der Waals surface area contributed by atoms with Gasteiger partial charge >= 0.3 is 6.09 Å². The van der Waals surface area contributed by atoms with Gasteiger partial charge in [0.2, 0.25) is 5.91 Å². The second kappa shape index (κ2) is 8.61. The number of amides is 2. The Morgan fingerprint density at radius 3 is 2.89 bits per heavy atom. The van der Waals surface area contributed by atoms with Crippen molar-refractivity contribution < 1.29 is 23.8 Å². The topological polar surface area (TPSA) is 113 Å². The molecule has 9 nitrogen and oxygen atoms in total. The van der Waals surface area contributed by atoms with Gasteiger partial charge in [0.05, 0.1) is 30.0 Å². The molecule has 1 fully saturated rings. The van der Waals surface area contributed by atoms with Crippen LogP contribution in [0.15, 0.2) is 52.2 Å². The largest absolute Gasteiger partial charge is 0.444 e. The first-order chi connectivity index (χ1) is 17.3. The van der Waals surface area contributed by atoms with Crippen molar-refractivity contribution in [3.63, 3.8) is 0 Å². The number of hydrogen-bond donors (Lipinski definition) is 3. The first kappa shape index (κ1) is 23.0. The Morgan fingerprint density at radius 2 is 2.03 bits per heavy atom. The number of carbonyl (C=O) groups is 2. The summed E-state index contributed by atoms with van der Waals surface area (Å²) in [6.07, 6.45) is -0.356. The molecule has 36 heavy (non-hydrogen) atoms. The van der Waals surface area contributed by atoms with Crippen molar-refractivity contribution in [1.29, 1.82) is 0 Å². The minimum atomic E-state index is -1.57. The standard InChI is InChI=1S/C25H23FN4O5S/c26-17-4-1-14-2-6-21(32)30-13-25(34,22(17)23(14)30)12-27-8-7-16-10-29(24(33)35-16)15-3-5-19-18(9-15)28-20(31)11-36-19/h1-6,9,16,27,34H,7-8,10-13H2,(H,28,31)/t16-,25+/m0/s1. The number of pyridine rings is 1. The number of carbonyl (C=O) groups excluding carboxylic acids is 2. The molecule has 4 heterocycles. The van der Waals surface area contributed by atoms with Gasteiger partial charge in [-0.1, -0.05) is 0 Å². The number of nitrogens with one attached hydrogen (secondary N) is 2. The van der Waals surface area contributed by atoms with E-state index in [4.69, 9.17) is 4.74 Å². The van der Waals surface area contributed by atoms with Crippen molar-refractivity contribution in [2.45, 2.75) is 29.6 Å². The lowest BCUT2D eigenvalue weighted by Crippen LogP contribution is -2.41. The summed E-state index contributed by atoms with van der Waals surface area (Å²) < 4.78 is 21.6. The van der Waals surface area contributed by atoms with Gasteiger partial charge in [-0.2, -0.15) is 0 Å². The van der Waals surface area contributed by atoms with Gasteiger partial charge in [-0.15, -0.1) is 11.8 Å². The highest BCUT2D eigenvalue weighted by molar-refractivity contribution is 8.00. The predicted octanol–water partition coefficient (Wildman–Crippen LogP) is 2.39. The van der Waals surface area contributed by atoms with E-state index in [1.165, 1.54) is 33.4 Å². The van der Waals surface area contributed by atoms with E-state index in [2.05, 4.69) is 10.6 Å². The summed E-state index contributed by atoms with van der Waals surface area (Å²) in [6, 6.07) is 11.4. The number of rotatable bonds is 6. The van der Waals surface area contributed by atoms with Gasteiger partial charge in [-0.05, 0) is 54.8 Å². The molecule has 1 saturated heterocycles. The Balaban J connectivity index is 1.09. The number of nitrogens with zero attached hydrogens (tertiary/aromatic N) is 2. The number of fused-ring (bicyclic) bond motifs is 1. The monoisotopic (exact) mass is 510 g/mol. The van der Waals surface area contributed by atoms with Gasteiger partial charge < -0.3 is 25.0 Å². The predicted molar refractivity (Wildman–Crippen MR) is 133 cm³/mol. The maximum atomic E-state index is 14.7. The number of anilines is 2. The fourth-order valence-electron chi connectivity index (χ4n) is 5.13. The highest BCUT2D eigenvalue weighted by atomic mass is 32.2. The van der Waals surface area contributed by atoms with Crippen LogP contribution in [0.2, 0.25) is 0 Å². The molecule has 0 spiro atoms. The SMILES string of the molecule is O=C1CSc2ccc(N3C[C@H](CCNC[C@@]4(O)Cn5c(=O)ccc6ccc(F)c4c65)OC3=O)cc2N1. The zero-order valence-corrected chi connectivity index (χ0v) is 19.9. The van der Waals surface area contributed by atoms with E-state index in [0.717, 1.165) is 4.90 Å². The van der Waals surface area contributed by atoms with Gasteiger partial charge in [0, 0.05) is 28.8 Å². The van der Waals surface area contributed by atoms with Crippen LogP contribution in [0.1, 0.15) is 12.0 Å². The fraction of sp³-hybridized carbons (Fsp3) is 0.320. The average molecular weight is 511 g/mol. The Bertz CT molecular complexity index is 1480. The van der Waals surface area contributed by atoms with Crippen LogP contribution in [0.5, 0.6) is 0 Å². The number of cyclic esters (lactones) is 1. The lowest BCUT2D eigenvalue weighted by Gasteiger charge is -2.24. The van der Waals surface area contributed by atoms with Gasteiger partial charge in [0.15, 0.2) is 0 Å². The van der Waals surface area contributed by atoms with E-state index < -0.39 is 17.5 Å². The summed E-state index contributed by atoms with van der Waals surface area (Å²) in [5, 5.41) is 17.9. The van der Waals surface area contributed by atoms with Crippen molar-refractivity contribution in [3.8, 4) is 0 Å². The first-order valence-corrected chi connectivity index (χ1v) is 12.6. The van der Waals surface area contributed by atoms with Crippen molar-refractivity contribution >= 4 is 46.0 Å². The summed E-state index contributed by atoms with van der Waals surface area (Å²) >= 11 is 1.45. The molecule has 186 valence electrons. The summed E-state index contributed by atoms with van der Waals surface area (Å²) in [5.74, 6) is -0.262. The van der Waals surface area contributed by atoms with E-state index in [9.17, 15) is 23.9 Å². The summed E-state index contributed by atoms with van der Waals surface area (Å²) in [5.41, 5.74) is 0.0146. The van der Waals surface area contributed by atoms with Gasteiger partial charge in [-0.3, -0.25) is 14.5 Å². The molecule has 0 unspecified atom stereocenters. The highest BCUT2D eigenvalue weighted by Gasteiger charge is 2.41. The molecule has 11 heteroatoms. The molecule has 1 aromatic heterocycles. The number of benzene rings is 2. The van der Waals surface area contributed by atoms with Gasteiger partial charge in [-0.25, -0.2) is 9.18 Å². The molecule has 0 aliphatic carbocycles. The lowest BCUT2D eigenvalue weighted by molar-refractivity contribution is -0.113. The Hall–Kier alpha value is -3.41.